The Morgan fingerprint density at radius 3 is 2.65 bits per heavy atom. The number of aromatic nitrogens is 2. The maximum absolute atomic E-state index is 13.3. The molecule has 0 radical (unpaired) electrons. The first-order chi connectivity index (χ1) is 9.67. The fourth-order valence-electron chi connectivity index (χ4n) is 2.08. The molecule has 0 N–H and O–H groups in total. The van der Waals surface area contributed by atoms with Gasteiger partial charge in [0.25, 0.3) is 0 Å². The Balaban J connectivity index is 2.03. The molecule has 0 amide bonds. The van der Waals surface area contributed by atoms with Crippen molar-refractivity contribution >= 4 is 28.3 Å². The fraction of sp³-hybridized carbons (Fsp3) is 0.0667. The summed E-state index contributed by atoms with van der Waals surface area (Å²) in [5.41, 5.74) is 2.88. The predicted molar refractivity (Wildman–Crippen MR) is 76.5 cm³/mol. The molecule has 5 heteroatoms. The maximum Gasteiger partial charge on any atom is 0.204 e. The van der Waals surface area contributed by atoms with Crippen LogP contribution in [0.2, 0.25) is 5.28 Å². The van der Waals surface area contributed by atoms with Gasteiger partial charge in [0.1, 0.15) is 5.82 Å². The normalized spacial score (nSPS) is 10.7. The van der Waals surface area contributed by atoms with E-state index in [4.69, 9.17) is 18.2 Å². The van der Waals surface area contributed by atoms with Gasteiger partial charge < -0.3 is 4.57 Å². The van der Waals surface area contributed by atoms with Gasteiger partial charge in [-0.3, -0.25) is 0 Å². The number of halogens is 2. The van der Waals surface area contributed by atoms with Crippen molar-refractivity contribution in [2.24, 2.45) is 0 Å². The molecule has 0 aliphatic carbocycles. The van der Waals surface area contributed by atoms with Crippen molar-refractivity contribution in [2.45, 2.75) is 6.54 Å². The summed E-state index contributed by atoms with van der Waals surface area (Å²) in [4.78, 5) is 7.54. The topological polar surface area (TPSA) is 22.2 Å². The lowest BCUT2D eigenvalue weighted by molar-refractivity contribution is 0.628. The second-order valence-electron chi connectivity index (χ2n) is 4.38. The monoisotopic (exact) mass is 285 g/mol. The molecule has 0 saturated carbocycles. The molecule has 0 aliphatic rings. The summed E-state index contributed by atoms with van der Waals surface area (Å²) in [6.07, 6.45) is 0. The molecule has 3 nitrogen and oxygen atoms in total. The Hall–Kier alpha value is -2.38. The first-order valence-electron chi connectivity index (χ1n) is 5.95. The summed E-state index contributed by atoms with van der Waals surface area (Å²) in [7, 11) is 0. The van der Waals surface area contributed by atoms with Crippen molar-refractivity contribution in [3.63, 3.8) is 0 Å². The zero-order chi connectivity index (χ0) is 14.1. The van der Waals surface area contributed by atoms with Crippen LogP contribution in [0.4, 0.5) is 10.1 Å². The van der Waals surface area contributed by atoms with E-state index in [1.165, 1.54) is 12.1 Å². The highest BCUT2D eigenvalue weighted by atomic mass is 35.5. The average molecular weight is 286 g/mol. The van der Waals surface area contributed by atoms with Crippen molar-refractivity contribution in [3.05, 3.63) is 70.5 Å². The zero-order valence-corrected chi connectivity index (χ0v) is 11.1. The van der Waals surface area contributed by atoms with Crippen molar-refractivity contribution in [1.82, 2.24) is 9.55 Å². The van der Waals surface area contributed by atoms with Crippen LogP contribution in [0.3, 0.4) is 0 Å². The Morgan fingerprint density at radius 1 is 1.20 bits per heavy atom. The number of rotatable bonds is 2. The minimum atomic E-state index is -0.321. The third kappa shape index (κ3) is 2.24. The van der Waals surface area contributed by atoms with Gasteiger partial charge in [-0.1, -0.05) is 24.3 Å². The number of hydrogen-bond acceptors (Lipinski definition) is 1. The number of benzene rings is 2. The summed E-state index contributed by atoms with van der Waals surface area (Å²) in [5, 5.41) is 0.319. The largest absolute Gasteiger partial charge is 0.310 e. The van der Waals surface area contributed by atoms with Crippen LogP contribution in [0.1, 0.15) is 5.56 Å². The molecule has 0 atom stereocenters. The quantitative estimate of drug-likeness (QED) is 0.639. The first-order valence-corrected chi connectivity index (χ1v) is 6.33. The van der Waals surface area contributed by atoms with Crippen molar-refractivity contribution < 1.29 is 4.39 Å². The van der Waals surface area contributed by atoms with E-state index < -0.39 is 0 Å². The van der Waals surface area contributed by atoms with Crippen LogP contribution in [-0.4, -0.2) is 9.55 Å². The molecular weight excluding hydrogens is 277 g/mol. The third-order valence-electron chi connectivity index (χ3n) is 3.07. The second-order valence-corrected chi connectivity index (χ2v) is 4.72. The van der Waals surface area contributed by atoms with Crippen LogP contribution in [-0.2, 0) is 6.54 Å². The highest BCUT2D eigenvalue weighted by Crippen LogP contribution is 2.23. The Kier molecular flexibility index (Phi) is 3.13. The van der Waals surface area contributed by atoms with Crippen LogP contribution in [0, 0.1) is 12.4 Å². The van der Waals surface area contributed by atoms with Gasteiger partial charge in [0.2, 0.25) is 5.28 Å². The van der Waals surface area contributed by atoms with Gasteiger partial charge in [-0.05, 0) is 35.4 Å². The lowest BCUT2D eigenvalue weighted by atomic mass is 10.2. The van der Waals surface area contributed by atoms with Gasteiger partial charge in [-0.15, -0.1) is 0 Å². The number of fused-ring (bicyclic) bond motifs is 1. The fourth-order valence-corrected chi connectivity index (χ4v) is 2.32. The molecule has 0 aliphatic heterocycles. The molecule has 2 aromatic carbocycles. The molecule has 3 aromatic rings. The Morgan fingerprint density at radius 2 is 1.95 bits per heavy atom. The minimum Gasteiger partial charge on any atom is -0.310 e. The predicted octanol–water partition coefficient (Wildman–Crippen LogP) is 4.43. The van der Waals surface area contributed by atoms with E-state index in [1.807, 2.05) is 12.1 Å². The van der Waals surface area contributed by atoms with Crippen LogP contribution in [0.5, 0.6) is 0 Å². The van der Waals surface area contributed by atoms with Crippen LogP contribution >= 0.6 is 11.6 Å². The lowest BCUT2D eigenvalue weighted by Crippen LogP contribution is -1.99. The van der Waals surface area contributed by atoms with E-state index in [0.717, 1.165) is 5.56 Å². The Bertz CT molecular complexity index is 815. The molecule has 20 heavy (non-hydrogen) atoms. The van der Waals surface area contributed by atoms with Gasteiger partial charge in [-0.25, -0.2) is 14.2 Å². The summed E-state index contributed by atoms with van der Waals surface area (Å²) in [5.74, 6) is -0.321. The van der Waals surface area contributed by atoms with Crippen LogP contribution in [0.25, 0.3) is 15.9 Å². The van der Waals surface area contributed by atoms with Crippen molar-refractivity contribution in [2.75, 3.05) is 0 Å². The van der Waals surface area contributed by atoms with Gasteiger partial charge in [0.05, 0.1) is 24.2 Å². The summed E-state index contributed by atoms with van der Waals surface area (Å²) in [6, 6.07) is 11.6. The molecule has 0 fully saturated rings. The number of imidazole rings is 1. The first kappa shape index (κ1) is 12.6. The average Bonchev–Trinajstić information content (AvgIpc) is 2.76. The van der Waals surface area contributed by atoms with E-state index >= 15 is 0 Å². The smallest absolute Gasteiger partial charge is 0.204 e. The number of hydrogen-bond donors (Lipinski definition) is 0. The highest BCUT2D eigenvalue weighted by molar-refractivity contribution is 6.29. The molecular formula is C15H9ClFN3. The molecule has 0 spiro atoms. The molecule has 98 valence electrons. The van der Waals surface area contributed by atoms with Gasteiger partial charge >= 0.3 is 0 Å². The summed E-state index contributed by atoms with van der Waals surface area (Å²) < 4.78 is 15.1. The van der Waals surface area contributed by atoms with E-state index in [2.05, 4.69) is 9.83 Å². The lowest BCUT2D eigenvalue weighted by Gasteiger charge is -2.06. The van der Waals surface area contributed by atoms with E-state index in [-0.39, 0.29) is 5.82 Å². The van der Waals surface area contributed by atoms with Gasteiger partial charge in [0, 0.05) is 0 Å². The SMILES string of the molecule is [C-]#[N+]c1ccc(Cn2c(Cl)nc3ccc(F)cc32)cc1. The molecule has 0 bridgehead atoms. The Labute approximate surface area is 120 Å². The molecule has 1 heterocycles. The highest BCUT2D eigenvalue weighted by Gasteiger charge is 2.10. The molecule has 3 rings (SSSR count). The molecule has 0 saturated heterocycles. The van der Waals surface area contributed by atoms with Crippen LogP contribution < -0.4 is 0 Å². The molecule has 1 aromatic heterocycles. The van der Waals surface area contributed by atoms with Crippen LogP contribution in [0.15, 0.2) is 42.5 Å². The zero-order valence-electron chi connectivity index (χ0n) is 10.3. The van der Waals surface area contributed by atoms with E-state index in [9.17, 15) is 4.39 Å². The second kappa shape index (κ2) is 4.95. The van der Waals surface area contributed by atoms with Crippen molar-refractivity contribution in [1.29, 1.82) is 0 Å². The standard InChI is InChI=1S/C15H9ClFN3/c1-18-12-5-2-10(3-6-12)9-20-14-8-11(17)4-7-13(14)19-15(20)16/h2-8H,9H2. The molecule has 0 unspecified atom stereocenters. The summed E-state index contributed by atoms with van der Waals surface area (Å²) >= 11 is 6.11. The van der Waals surface area contributed by atoms with Crippen molar-refractivity contribution in [3.8, 4) is 0 Å². The van der Waals surface area contributed by atoms with Gasteiger partial charge in [0.15, 0.2) is 5.69 Å². The maximum atomic E-state index is 13.3. The third-order valence-corrected chi connectivity index (χ3v) is 3.36. The van der Waals surface area contributed by atoms with Gasteiger partial charge in [-0.2, -0.15) is 0 Å². The van der Waals surface area contributed by atoms with E-state index in [0.29, 0.717) is 28.5 Å². The summed E-state index contributed by atoms with van der Waals surface area (Å²) in [6.45, 7) is 7.41. The van der Waals surface area contributed by atoms with E-state index in [1.54, 1.807) is 22.8 Å². The number of nitrogens with zero attached hydrogens (tertiary/aromatic N) is 3. The minimum absolute atomic E-state index is 0.319.